The molecule has 0 saturated carbocycles. The van der Waals surface area contributed by atoms with Crippen molar-refractivity contribution >= 4 is 23.4 Å². The van der Waals surface area contributed by atoms with Crippen LogP contribution in [0.4, 0.5) is 5.69 Å². The highest BCUT2D eigenvalue weighted by molar-refractivity contribution is 8.00. The number of anilines is 1. The second kappa shape index (κ2) is 8.75. The second-order valence-corrected chi connectivity index (χ2v) is 8.92. The zero-order valence-corrected chi connectivity index (χ0v) is 19.5. The molecule has 0 saturated heterocycles. The van der Waals surface area contributed by atoms with Crippen molar-refractivity contribution < 1.29 is 18.7 Å². The number of rotatable bonds is 6. The summed E-state index contributed by atoms with van der Waals surface area (Å²) in [7, 11) is 1.77. The standard InChI is InChI=1S/C23H21N5O5S/c1-13-19(22(30)28(27(13)3)16-7-5-4-6-8-16)24-20(29)14(2)34-23-26-25-21(33-23)15-9-10-17-18(11-15)32-12-31-17/h4-11,14H,12H2,1-3H3,(H,24,29)/t14-/m1/s1. The van der Waals surface area contributed by atoms with Gasteiger partial charge >= 0.3 is 0 Å². The Labute approximate surface area is 198 Å². The lowest BCUT2D eigenvalue weighted by atomic mass is 10.2. The van der Waals surface area contributed by atoms with Gasteiger partial charge in [-0.15, -0.1) is 10.2 Å². The first kappa shape index (κ1) is 21.8. The SMILES string of the molecule is Cc1c(NC(=O)[C@@H](C)Sc2nnc(-c3ccc4c(c3)OCO4)o2)c(=O)n(-c2ccccc2)n1C. The van der Waals surface area contributed by atoms with E-state index in [1.807, 2.05) is 30.3 Å². The highest BCUT2D eigenvalue weighted by Gasteiger charge is 2.24. The molecule has 0 spiro atoms. The van der Waals surface area contributed by atoms with Gasteiger partial charge in [0.25, 0.3) is 10.8 Å². The van der Waals surface area contributed by atoms with E-state index >= 15 is 0 Å². The predicted molar refractivity (Wildman–Crippen MR) is 126 cm³/mol. The van der Waals surface area contributed by atoms with Crippen molar-refractivity contribution in [2.75, 3.05) is 12.1 Å². The summed E-state index contributed by atoms with van der Waals surface area (Å²) in [6, 6.07) is 14.6. The molecule has 1 amide bonds. The first-order chi connectivity index (χ1) is 16.4. The van der Waals surface area contributed by atoms with Crippen LogP contribution in [0.2, 0.25) is 0 Å². The van der Waals surface area contributed by atoms with Crippen molar-refractivity contribution in [3.63, 3.8) is 0 Å². The Hall–Kier alpha value is -3.99. The zero-order valence-electron chi connectivity index (χ0n) is 18.6. The smallest absolute Gasteiger partial charge is 0.295 e. The van der Waals surface area contributed by atoms with Crippen LogP contribution >= 0.6 is 11.8 Å². The van der Waals surface area contributed by atoms with Gasteiger partial charge in [0.05, 0.1) is 16.6 Å². The van der Waals surface area contributed by atoms with E-state index in [0.29, 0.717) is 34.3 Å². The van der Waals surface area contributed by atoms with E-state index in [1.54, 1.807) is 43.8 Å². The van der Waals surface area contributed by atoms with Crippen LogP contribution in [-0.2, 0) is 11.8 Å². The van der Waals surface area contributed by atoms with Crippen LogP contribution in [0.15, 0.2) is 63.0 Å². The van der Waals surface area contributed by atoms with Gasteiger partial charge in [0, 0.05) is 12.6 Å². The van der Waals surface area contributed by atoms with E-state index in [0.717, 1.165) is 11.8 Å². The van der Waals surface area contributed by atoms with Gasteiger partial charge in [-0.1, -0.05) is 30.0 Å². The Balaban J connectivity index is 1.30. The maximum atomic E-state index is 13.0. The van der Waals surface area contributed by atoms with Crippen molar-refractivity contribution in [3.8, 4) is 28.6 Å². The van der Waals surface area contributed by atoms with E-state index in [2.05, 4.69) is 15.5 Å². The minimum absolute atomic E-state index is 0.174. The number of ether oxygens (including phenoxy) is 2. The lowest BCUT2D eigenvalue weighted by Crippen LogP contribution is -2.27. The molecule has 0 bridgehead atoms. The number of fused-ring (bicyclic) bond motifs is 1. The molecule has 5 rings (SSSR count). The van der Waals surface area contributed by atoms with Crippen molar-refractivity contribution in [1.29, 1.82) is 0 Å². The summed E-state index contributed by atoms with van der Waals surface area (Å²) in [5, 5.41) is 10.5. The predicted octanol–water partition coefficient (Wildman–Crippen LogP) is 3.38. The summed E-state index contributed by atoms with van der Waals surface area (Å²) in [4.78, 5) is 25.9. The molecule has 2 aromatic carbocycles. The summed E-state index contributed by atoms with van der Waals surface area (Å²) < 4.78 is 19.6. The number of thioether (sulfide) groups is 1. The minimum atomic E-state index is -0.589. The number of carbonyl (C=O) groups is 1. The highest BCUT2D eigenvalue weighted by atomic mass is 32.2. The maximum absolute atomic E-state index is 13.0. The molecule has 1 N–H and O–H groups in total. The van der Waals surface area contributed by atoms with E-state index < -0.39 is 5.25 Å². The average Bonchev–Trinajstić information content (AvgIpc) is 3.55. The van der Waals surface area contributed by atoms with Crippen LogP contribution in [0.1, 0.15) is 12.6 Å². The van der Waals surface area contributed by atoms with Crippen LogP contribution in [0.25, 0.3) is 17.1 Å². The molecule has 0 radical (unpaired) electrons. The molecule has 34 heavy (non-hydrogen) atoms. The summed E-state index contributed by atoms with van der Waals surface area (Å²) in [5.41, 5.74) is 1.96. The third-order valence-corrected chi connectivity index (χ3v) is 6.41. The third kappa shape index (κ3) is 3.94. The van der Waals surface area contributed by atoms with Gasteiger partial charge in [-0.2, -0.15) is 0 Å². The van der Waals surface area contributed by atoms with Crippen LogP contribution in [-0.4, -0.2) is 37.5 Å². The average molecular weight is 480 g/mol. The Morgan fingerprint density at radius 2 is 1.88 bits per heavy atom. The fraction of sp³-hybridized carbons (Fsp3) is 0.217. The van der Waals surface area contributed by atoms with Crippen molar-refractivity contribution in [2.24, 2.45) is 7.05 Å². The molecular formula is C23H21N5O5S. The normalized spacial score (nSPS) is 13.1. The zero-order chi connectivity index (χ0) is 23.8. The first-order valence-electron chi connectivity index (χ1n) is 10.5. The van der Waals surface area contributed by atoms with Crippen LogP contribution in [0.3, 0.4) is 0 Å². The van der Waals surface area contributed by atoms with Gasteiger partial charge in [-0.25, -0.2) is 4.68 Å². The van der Waals surface area contributed by atoms with Gasteiger partial charge in [0.1, 0.15) is 5.69 Å². The number of carbonyl (C=O) groups excluding carboxylic acids is 1. The molecular weight excluding hydrogens is 458 g/mol. The molecule has 10 nitrogen and oxygen atoms in total. The lowest BCUT2D eigenvalue weighted by Gasteiger charge is -2.09. The molecule has 0 unspecified atom stereocenters. The Morgan fingerprint density at radius 3 is 2.68 bits per heavy atom. The van der Waals surface area contributed by atoms with Gasteiger partial charge in [-0.3, -0.25) is 14.3 Å². The molecule has 0 aliphatic carbocycles. The van der Waals surface area contributed by atoms with E-state index in [1.165, 1.54) is 4.68 Å². The molecule has 1 aliphatic rings. The van der Waals surface area contributed by atoms with Crippen molar-refractivity contribution in [2.45, 2.75) is 24.3 Å². The van der Waals surface area contributed by atoms with Crippen molar-refractivity contribution in [3.05, 3.63) is 64.6 Å². The summed E-state index contributed by atoms with van der Waals surface area (Å²) in [5.74, 6) is 1.22. The number of nitrogens with zero attached hydrogens (tertiary/aromatic N) is 4. The van der Waals surface area contributed by atoms with Gasteiger partial charge in [0.2, 0.25) is 18.6 Å². The fourth-order valence-corrected chi connectivity index (χ4v) is 4.23. The van der Waals surface area contributed by atoms with E-state index in [-0.39, 0.29) is 29.2 Å². The molecule has 11 heteroatoms. The van der Waals surface area contributed by atoms with Gasteiger partial charge < -0.3 is 19.2 Å². The topological polar surface area (TPSA) is 113 Å². The van der Waals surface area contributed by atoms with Crippen LogP contribution in [0.5, 0.6) is 11.5 Å². The van der Waals surface area contributed by atoms with Crippen LogP contribution < -0.4 is 20.3 Å². The number of para-hydroxylation sites is 1. The quantitative estimate of drug-likeness (QED) is 0.419. The van der Waals surface area contributed by atoms with E-state index in [9.17, 15) is 9.59 Å². The summed E-state index contributed by atoms with van der Waals surface area (Å²) >= 11 is 1.11. The summed E-state index contributed by atoms with van der Waals surface area (Å²) in [6.45, 7) is 3.66. The largest absolute Gasteiger partial charge is 0.454 e. The highest BCUT2D eigenvalue weighted by Crippen LogP contribution is 2.36. The number of aromatic nitrogens is 4. The molecule has 1 atom stereocenters. The first-order valence-corrected chi connectivity index (χ1v) is 11.4. The van der Waals surface area contributed by atoms with Gasteiger partial charge in [-0.05, 0) is 44.2 Å². The van der Waals surface area contributed by atoms with Gasteiger partial charge in [0.15, 0.2) is 11.5 Å². The fourth-order valence-electron chi connectivity index (χ4n) is 3.55. The Kier molecular flexibility index (Phi) is 5.62. The number of nitrogens with one attached hydrogen (secondary N) is 1. The molecule has 4 aromatic rings. The maximum Gasteiger partial charge on any atom is 0.295 e. The second-order valence-electron chi connectivity index (χ2n) is 7.63. The lowest BCUT2D eigenvalue weighted by molar-refractivity contribution is -0.115. The summed E-state index contributed by atoms with van der Waals surface area (Å²) in [6.07, 6.45) is 0. The third-order valence-electron chi connectivity index (χ3n) is 5.48. The van der Waals surface area contributed by atoms with Crippen LogP contribution in [0, 0.1) is 6.92 Å². The Bertz CT molecular complexity index is 1430. The molecule has 2 aromatic heterocycles. The molecule has 3 heterocycles. The molecule has 1 aliphatic heterocycles. The van der Waals surface area contributed by atoms with E-state index in [4.69, 9.17) is 13.9 Å². The number of amides is 1. The number of benzene rings is 2. The number of hydrogen-bond acceptors (Lipinski definition) is 8. The molecule has 0 fully saturated rings. The molecule has 174 valence electrons. The Morgan fingerprint density at radius 1 is 1.12 bits per heavy atom. The monoisotopic (exact) mass is 479 g/mol. The minimum Gasteiger partial charge on any atom is -0.454 e. The number of hydrogen-bond donors (Lipinski definition) is 1. The van der Waals surface area contributed by atoms with Crippen molar-refractivity contribution in [1.82, 2.24) is 19.6 Å².